The van der Waals surface area contributed by atoms with Crippen molar-refractivity contribution in [2.24, 2.45) is 7.05 Å². The molecular formula is C11H9ClF3N3. The lowest BCUT2D eigenvalue weighted by molar-refractivity contribution is -0.137. The zero-order valence-electron chi connectivity index (χ0n) is 9.29. The molecule has 2 rings (SSSR count). The first kappa shape index (κ1) is 12.8. The first-order chi connectivity index (χ1) is 8.29. The molecule has 0 aliphatic carbocycles. The number of anilines is 1. The largest absolute Gasteiger partial charge is 0.416 e. The van der Waals surface area contributed by atoms with Crippen LogP contribution in [0.25, 0.3) is 11.3 Å². The number of aromatic nitrogens is 2. The summed E-state index contributed by atoms with van der Waals surface area (Å²) in [5.74, 6) is 0.346. The van der Waals surface area contributed by atoms with Crippen LogP contribution < -0.4 is 5.73 Å². The van der Waals surface area contributed by atoms with Gasteiger partial charge in [-0.2, -0.15) is 18.3 Å². The highest BCUT2D eigenvalue weighted by atomic mass is 35.5. The molecule has 2 N–H and O–H groups in total. The van der Waals surface area contributed by atoms with Crippen molar-refractivity contribution in [3.8, 4) is 11.3 Å². The summed E-state index contributed by atoms with van der Waals surface area (Å²) in [6.45, 7) is 0. The minimum atomic E-state index is -4.42. The maximum atomic E-state index is 12.6. The third kappa shape index (κ3) is 2.28. The number of aryl methyl sites for hydroxylation is 1. The van der Waals surface area contributed by atoms with Gasteiger partial charge in [0.05, 0.1) is 16.3 Å². The molecule has 1 aromatic carbocycles. The van der Waals surface area contributed by atoms with Gasteiger partial charge < -0.3 is 5.73 Å². The number of hydrogen-bond donors (Lipinski definition) is 1. The van der Waals surface area contributed by atoms with Crippen LogP contribution >= 0.6 is 11.6 Å². The van der Waals surface area contributed by atoms with Gasteiger partial charge in [0.15, 0.2) is 0 Å². The topological polar surface area (TPSA) is 43.8 Å². The first-order valence-corrected chi connectivity index (χ1v) is 5.33. The third-order valence-electron chi connectivity index (χ3n) is 2.49. The molecule has 0 amide bonds. The van der Waals surface area contributed by atoms with E-state index in [0.29, 0.717) is 11.5 Å². The summed E-state index contributed by atoms with van der Waals surface area (Å²) >= 11 is 5.89. The average molecular weight is 276 g/mol. The Morgan fingerprint density at radius 2 is 1.94 bits per heavy atom. The van der Waals surface area contributed by atoms with E-state index >= 15 is 0 Å². The molecule has 0 unspecified atom stereocenters. The number of alkyl halides is 3. The first-order valence-electron chi connectivity index (χ1n) is 4.95. The number of nitrogens with zero attached hydrogens (tertiary/aromatic N) is 2. The van der Waals surface area contributed by atoms with E-state index < -0.39 is 11.7 Å². The normalized spacial score (nSPS) is 11.8. The number of hydrogen-bond acceptors (Lipinski definition) is 2. The summed E-state index contributed by atoms with van der Waals surface area (Å²) in [6.07, 6.45) is -4.42. The van der Waals surface area contributed by atoms with Crippen LogP contribution in [-0.2, 0) is 13.2 Å². The predicted octanol–water partition coefficient (Wildman–Crippen LogP) is 3.34. The van der Waals surface area contributed by atoms with Crippen molar-refractivity contribution in [2.75, 3.05) is 5.73 Å². The number of halogens is 4. The highest BCUT2D eigenvalue weighted by molar-refractivity contribution is 6.33. The molecule has 1 heterocycles. The second-order valence-electron chi connectivity index (χ2n) is 3.77. The minimum absolute atomic E-state index is 0.195. The molecule has 1 aromatic heterocycles. The van der Waals surface area contributed by atoms with Gasteiger partial charge in [-0.05, 0) is 18.2 Å². The summed E-state index contributed by atoms with van der Waals surface area (Å²) < 4.78 is 39.2. The van der Waals surface area contributed by atoms with Gasteiger partial charge in [0, 0.05) is 18.7 Å². The summed E-state index contributed by atoms with van der Waals surface area (Å²) in [7, 11) is 1.60. The molecule has 96 valence electrons. The van der Waals surface area contributed by atoms with Gasteiger partial charge in [-0.3, -0.25) is 4.68 Å². The van der Waals surface area contributed by atoms with Crippen LogP contribution in [0.2, 0.25) is 5.02 Å². The molecule has 3 nitrogen and oxygen atoms in total. The van der Waals surface area contributed by atoms with Gasteiger partial charge in [-0.15, -0.1) is 0 Å². The Morgan fingerprint density at radius 3 is 2.44 bits per heavy atom. The lowest BCUT2D eigenvalue weighted by Gasteiger charge is -2.08. The molecule has 0 saturated carbocycles. The fourth-order valence-electron chi connectivity index (χ4n) is 1.51. The number of nitrogen functional groups attached to an aromatic ring is 1. The Balaban J connectivity index is 2.56. The van der Waals surface area contributed by atoms with Crippen LogP contribution in [0.5, 0.6) is 0 Å². The Morgan fingerprint density at radius 1 is 1.28 bits per heavy atom. The lowest BCUT2D eigenvalue weighted by atomic mass is 10.1. The lowest BCUT2D eigenvalue weighted by Crippen LogP contribution is -2.04. The Bertz CT molecular complexity index is 570. The van der Waals surface area contributed by atoms with Crippen LogP contribution in [0, 0.1) is 0 Å². The average Bonchev–Trinajstić information content (AvgIpc) is 2.58. The van der Waals surface area contributed by atoms with Crippen LogP contribution in [-0.4, -0.2) is 9.78 Å². The van der Waals surface area contributed by atoms with Crippen molar-refractivity contribution < 1.29 is 13.2 Å². The molecule has 7 heteroatoms. The van der Waals surface area contributed by atoms with Crippen molar-refractivity contribution >= 4 is 17.4 Å². The van der Waals surface area contributed by atoms with E-state index in [4.69, 9.17) is 17.3 Å². The summed E-state index contributed by atoms with van der Waals surface area (Å²) in [4.78, 5) is 0. The van der Waals surface area contributed by atoms with Crippen molar-refractivity contribution in [2.45, 2.75) is 6.18 Å². The van der Waals surface area contributed by atoms with Gasteiger partial charge >= 0.3 is 6.18 Å². The summed E-state index contributed by atoms with van der Waals surface area (Å²) in [6, 6.07) is 4.56. The van der Waals surface area contributed by atoms with Gasteiger partial charge in [-0.1, -0.05) is 11.6 Å². The van der Waals surface area contributed by atoms with E-state index in [0.717, 1.165) is 12.1 Å². The third-order valence-corrected chi connectivity index (χ3v) is 2.82. The van der Waals surface area contributed by atoms with Crippen molar-refractivity contribution in [1.29, 1.82) is 0 Å². The number of benzene rings is 1. The van der Waals surface area contributed by atoms with E-state index in [1.165, 1.54) is 16.8 Å². The van der Waals surface area contributed by atoms with Gasteiger partial charge in [0.25, 0.3) is 0 Å². The van der Waals surface area contributed by atoms with Crippen LogP contribution in [0.1, 0.15) is 5.56 Å². The summed E-state index contributed by atoms with van der Waals surface area (Å²) in [5, 5.41) is 4.20. The van der Waals surface area contributed by atoms with Crippen LogP contribution in [0.4, 0.5) is 19.0 Å². The maximum Gasteiger partial charge on any atom is 0.416 e. The van der Waals surface area contributed by atoms with Crippen molar-refractivity contribution in [1.82, 2.24) is 9.78 Å². The molecule has 0 saturated heterocycles. The fraction of sp³-hybridized carbons (Fsp3) is 0.182. The second-order valence-corrected chi connectivity index (χ2v) is 4.18. The molecule has 2 aromatic rings. The van der Waals surface area contributed by atoms with E-state index in [1.54, 1.807) is 7.05 Å². The number of nitrogens with two attached hydrogens (primary N) is 1. The minimum Gasteiger partial charge on any atom is -0.384 e. The number of rotatable bonds is 1. The predicted molar refractivity (Wildman–Crippen MR) is 63.1 cm³/mol. The molecule has 18 heavy (non-hydrogen) atoms. The second kappa shape index (κ2) is 4.20. The Hall–Kier alpha value is -1.69. The van der Waals surface area contributed by atoms with Gasteiger partial charge in [0.2, 0.25) is 0 Å². The van der Waals surface area contributed by atoms with Crippen LogP contribution in [0.15, 0.2) is 24.3 Å². The zero-order valence-corrected chi connectivity index (χ0v) is 10.0. The molecule has 0 fully saturated rings. The molecule has 0 radical (unpaired) electrons. The van der Waals surface area contributed by atoms with E-state index in [9.17, 15) is 13.2 Å². The van der Waals surface area contributed by atoms with Gasteiger partial charge in [-0.25, -0.2) is 0 Å². The Labute approximate surface area is 106 Å². The molecule has 0 bridgehead atoms. The fourth-order valence-corrected chi connectivity index (χ4v) is 1.73. The quantitative estimate of drug-likeness (QED) is 0.867. The molecule has 0 spiro atoms. The van der Waals surface area contributed by atoms with Crippen molar-refractivity contribution in [3.63, 3.8) is 0 Å². The monoisotopic (exact) mass is 275 g/mol. The maximum absolute atomic E-state index is 12.6. The van der Waals surface area contributed by atoms with E-state index in [-0.39, 0.29) is 10.6 Å². The summed E-state index contributed by atoms with van der Waals surface area (Å²) in [5.41, 5.74) is 5.33. The van der Waals surface area contributed by atoms with Gasteiger partial charge in [0.1, 0.15) is 5.82 Å². The zero-order chi connectivity index (χ0) is 13.5. The molecule has 0 aliphatic heterocycles. The highest BCUT2D eigenvalue weighted by Gasteiger charge is 2.31. The molecular weight excluding hydrogens is 267 g/mol. The standard InChI is InChI=1S/C11H9ClF3N3/c1-18-10(16)5-9(17-18)7-4-6(11(13,14)15)2-3-8(7)12/h2-5H,16H2,1H3. The molecule has 0 atom stereocenters. The van der Waals surface area contributed by atoms with Crippen molar-refractivity contribution in [3.05, 3.63) is 34.9 Å². The SMILES string of the molecule is Cn1nc(-c2cc(C(F)(F)F)ccc2Cl)cc1N. The Kier molecular flexibility index (Phi) is 2.98. The smallest absolute Gasteiger partial charge is 0.384 e. The van der Waals surface area contributed by atoms with Crippen LogP contribution in [0.3, 0.4) is 0 Å². The highest BCUT2D eigenvalue weighted by Crippen LogP contribution is 2.35. The molecule has 0 aliphatic rings. The van der Waals surface area contributed by atoms with E-state index in [1.807, 2.05) is 0 Å². The van der Waals surface area contributed by atoms with E-state index in [2.05, 4.69) is 5.10 Å².